The molecule has 1 rings (SSSR count). The van der Waals surface area contributed by atoms with Gasteiger partial charge >= 0.3 is 5.91 Å². The molecule has 54 valence electrons. The Morgan fingerprint density at radius 1 is 1.36 bits per heavy atom. The lowest BCUT2D eigenvalue weighted by atomic mass is 10.2. The Morgan fingerprint density at radius 2 is 1.91 bits per heavy atom. The minimum Gasteiger partial charge on any atom is -0.193 e. The van der Waals surface area contributed by atoms with Crippen molar-refractivity contribution in [3.63, 3.8) is 0 Å². The first-order valence-corrected chi connectivity index (χ1v) is 3.27. The highest BCUT2D eigenvalue weighted by Crippen LogP contribution is 2.09. The fraction of sp³-hybridized carbons (Fsp3) is 0. The molecule has 0 bridgehead atoms. The number of hydrogen-bond acceptors (Lipinski definition) is 2. The van der Waals surface area contributed by atoms with E-state index < -0.39 is 5.91 Å². The van der Waals surface area contributed by atoms with E-state index >= 15 is 0 Å². The molecular weight excluding hydrogens is 164 g/mol. The minimum absolute atomic E-state index is 0.317. The third-order valence-corrected chi connectivity index (χ3v) is 1.43. The number of hydrogen-bond donors (Lipinski definition) is 0. The van der Waals surface area contributed by atoms with E-state index in [9.17, 15) is 4.79 Å². The summed E-state index contributed by atoms with van der Waals surface area (Å²) in [5.41, 5.74) is 0.317. The van der Waals surface area contributed by atoms with Gasteiger partial charge < -0.3 is 0 Å². The molecule has 0 aliphatic rings. The highest BCUT2D eigenvalue weighted by atomic mass is 35.5. The van der Waals surface area contributed by atoms with E-state index in [-0.39, 0.29) is 0 Å². The molecule has 11 heavy (non-hydrogen) atoms. The van der Waals surface area contributed by atoms with E-state index in [1.165, 1.54) is 12.1 Å². The van der Waals surface area contributed by atoms with Crippen LogP contribution in [-0.2, 0) is 0 Å². The molecular formula is C7H4ClN2O+. The number of benzene rings is 1. The predicted molar refractivity (Wildman–Crippen MR) is 40.9 cm³/mol. The van der Waals surface area contributed by atoms with Crippen LogP contribution in [0.25, 0.3) is 4.98 Å². The van der Waals surface area contributed by atoms with E-state index in [0.29, 0.717) is 10.6 Å². The summed E-state index contributed by atoms with van der Waals surface area (Å²) in [6.07, 6.45) is 0. The normalized spacial score (nSPS) is 8.73. The quantitative estimate of drug-likeness (QED) is 0.603. The highest BCUT2D eigenvalue weighted by molar-refractivity contribution is 6.30. The van der Waals surface area contributed by atoms with Crippen LogP contribution in [0.5, 0.6) is 0 Å². The van der Waals surface area contributed by atoms with E-state index in [2.05, 4.69) is 4.98 Å². The first-order chi connectivity index (χ1) is 5.24. The number of nitrogens with zero attached hydrogens (tertiary/aromatic N) is 2. The van der Waals surface area contributed by atoms with Crippen LogP contribution in [0.3, 0.4) is 0 Å². The van der Waals surface area contributed by atoms with Gasteiger partial charge in [0.05, 0.1) is 0 Å². The fourth-order valence-corrected chi connectivity index (χ4v) is 0.776. The van der Waals surface area contributed by atoms with Crippen molar-refractivity contribution in [3.8, 4) is 0 Å². The summed E-state index contributed by atoms with van der Waals surface area (Å²) < 4.78 is 0. The molecule has 3 nitrogen and oxygen atoms in total. The van der Waals surface area contributed by atoms with Crippen LogP contribution < -0.4 is 0 Å². The number of carbonyl (C=O) groups is 1. The molecule has 0 unspecified atom stereocenters. The number of carbonyl (C=O) groups excluding carboxylic acids is 1. The van der Waals surface area contributed by atoms with Crippen LogP contribution in [0.4, 0.5) is 0 Å². The molecule has 0 saturated heterocycles. The van der Waals surface area contributed by atoms with Crippen molar-refractivity contribution in [1.29, 1.82) is 5.39 Å². The van der Waals surface area contributed by atoms with Gasteiger partial charge in [0, 0.05) is 5.02 Å². The molecule has 4 heteroatoms. The van der Waals surface area contributed by atoms with E-state index in [1.807, 2.05) is 0 Å². The molecule has 0 aromatic heterocycles. The fourth-order valence-electron chi connectivity index (χ4n) is 0.650. The second kappa shape index (κ2) is 3.13. The maximum absolute atomic E-state index is 10.7. The topological polar surface area (TPSA) is 45.2 Å². The van der Waals surface area contributed by atoms with Gasteiger partial charge in [0.2, 0.25) is 10.4 Å². The number of rotatable bonds is 1. The summed E-state index contributed by atoms with van der Waals surface area (Å²) in [5.74, 6) is -0.665. The number of diazo groups is 1. The van der Waals surface area contributed by atoms with Crippen molar-refractivity contribution < 1.29 is 4.79 Å². The van der Waals surface area contributed by atoms with Gasteiger partial charge in [0.15, 0.2) is 0 Å². The Kier molecular flexibility index (Phi) is 2.19. The molecule has 0 fully saturated rings. The second-order valence-corrected chi connectivity index (χ2v) is 2.35. The van der Waals surface area contributed by atoms with Crippen molar-refractivity contribution >= 4 is 17.5 Å². The molecule has 0 atom stereocenters. The predicted octanol–water partition coefficient (Wildman–Crippen LogP) is 2.33. The molecule has 0 spiro atoms. The van der Waals surface area contributed by atoms with Gasteiger partial charge in [0.25, 0.3) is 0 Å². The highest BCUT2D eigenvalue weighted by Gasteiger charge is 2.16. The summed E-state index contributed by atoms with van der Waals surface area (Å²) in [7, 11) is 0. The SMILES string of the molecule is N#[N+]C(=O)c1ccc(Cl)cc1. The molecule has 0 radical (unpaired) electrons. The van der Waals surface area contributed by atoms with Crippen molar-refractivity contribution in [1.82, 2.24) is 0 Å². The van der Waals surface area contributed by atoms with Crippen LogP contribution >= 0.6 is 11.6 Å². The molecule has 1 aromatic carbocycles. The van der Waals surface area contributed by atoms with Gasteiger partial charge in [-0.3, -0.25) is 0 Å². The summed E-state index contributed by atoms with van der Waals surface area (Å²) in [6, 6.07) is 6.09. The van der Waals surface area contributed by atoms with Crippen LogP contribution in [0.15, 0.2) is 24.3 Å². The molecule has 1 aromatic rings. The van der Waals surface area contributed by atoms with Gasteiger partial charge in [0.1, 0.15) is 5.56 Å². The van der Waals surface area contributed by atoms with Gasteiger partial charge in [-0.2, -0.15) is 4.79 Å². The van der Waals surface area contributed by atoms with Crippen molar-refractivity contribution in [2.45, 2.75) is 0 Å². The lowest BCUT2D eigenvalue weighted by molar-refractivity contribution is 0.104. The molecule has 0 heterocycles. The maximum Gasteiger partial charge on any atom is 0.593 e. The Hall–Kier alpha value is -1.40. The Morgan fingerprint density at radius 3 is 2.36 bits per heavy atom. The maximum atomic E-state index is 10.7. The molecule has 0 saturated carbocycles. The van der Waals surface area contributed by atoms with Gasteiger partial charge in [-0.25, -0.2) is 0 Å². The average molecular weight is 168 g/mol. The Labute approximate surface area is 68.2 Å². The number of halogens is 1. The van der Waals surface area contributed by atoms with E-state index in [4.69, 9.17) is 17.0 Å². The van der Waals surface area contributed by atoms with Crippen molar-refractivity contribution in [3.05, 3.63) is 39.8 Å². The average Bonchev–Trinajstić information content (AvgIpc) is 2.05. The second-order valence-electron chi connectivity index (χ2n) is 1.91. The van der Waals surface area contributed by atoms with Crippen LogP contribution in [0.1, 0.15) is 10.4 Å². The largest absolute Gasteiger partial charge is 0.593 e. The Balaban J connectivity index is 3.01. The van der Waals surface area contributed by atoms with E-state index in [0.717, 1.165) is 0 Å². The zero-order chi connectivity index (χ0) is 8.27. The summed E-state index contributed by atoms with van der Waals surface area (Å²) >= 11 is 5.56. The lowest BCUT2D eigenvalue weighted by Gasteiger charge is -1.85. The zero-order valence-corrected chi connectivity index (χ0v) is 6.25. The first kappa shape index (κ1) is 7.70. The van der Waals surface area contributed by atoms with Gasteiger partial charge in [-0.1, -0.05) is 11.6 Å². The van der Waals surface area contributed by atoms with E-state index in [1.54, 1.807) is 12.1 Å². The van der Waals surface area contributed by atoms with Gasteiger partial charge in [-0.15, -0.1) is 0 Å². The summed E-state index contributed by atoms with van der Waals surface area (Å²) in [6.45, 7) is 0. The smallest absolute Gasteiger partial charge is 0.193 e. The Bertz CT molecular complexity index is 312. The number of amides is 1. The van der Waals surface area contributed by atoms with Crippen LogP contribution in [0.2, 0.25) is 5.02 Å². The minimum atomic E-state index is -0.665. The summed E-state index contributed by atoms with van der Waals surface area (Å²) in [5, 5.41) is 8.64. The van der Waals surface area contributed by atoms with Gasteiger partial charge in [-0.05, 0) is 24.3 Å². The van der Waals surface area contributed by atoms with Crippen molar-refractivity contribution in [2.24, 2.45) is 0 Å². The third kappa shape index (κ3) is 1.76. The molecule has 0 aliphatic heterocycles. The lowest BCUT2D eigenvalue weighted by Crippen LogP contribution is -1.89. The van der Waals surface area contributed by atoms with Crippen LogP contribution in [0, 0.1) is 5.39 Å². The van der Waals surface area contributed by atoms with Crippen LogP contribution in [-0.4, -0.2) is 5.91 Å². The zero-order valence-electron chi connectivity index (χ0n) is 5.49. The molecule has 0 N–H and O–H groups in total. The summed E-state index contributed by atoms with van der Waals surface area (Å²) in [4.78, 5) is 13.2. The third-order valence-electron chi connectivity index (χ3n) is 1.18. The first-order valence-electron chi connectivity index (χ1n) is 2.89. The van der Waals surface area contributed by atoms with Crippen molar-refractivity contribution in [2.75, 3.05) is 0 Å². The molecule has 0 aliphatic carbocycles. The molecule has 1 amide bonds. The monoisotopic (exact) mass is 167 g/mol. The standard InChI is InChI=1S/C7H4ClN2O/c8-6-3-1-5(2-4-6)7(11)10-9/h1-4H/q+1.